The van der Waals surface area contributed by atoms with E-state index >= 15 is 0 Å². The Bertz CT molecular complexity index is 687. The lowest BCUT2D eigenvalue weighted by Gasteiger charge is -2.49. The van der Waals surface area contributed by atoms with Crippen LogP contribution in [0, 0.1) is 56.2 Å². The second-order valence-electron chi connectivity index (χ2n) is 8.07. The van der Waals surface area contributed by atoms with E-state index in [0.29, 0.717) is 19.3 Å². The Morgan fingerprint density at radius 2 is 1.57 bits per heavy atom. The van der Waals surface area contributed by atoms with Crippen LogP contribution in [0.2, 0.25) is 0 Å². The van der Waals surface area contributed by atoms with Gasteiger partial charge in [-0.05, 0) is 19.3 Å². The van der Waals surface area contributed by atoms with Crippen LogP contribution < -0.4 is 0 Å². The number of ether oxygens (including phenoxy) is 2. The fourth-order valence-corrected chi connectivity index (χ4v) is 5.15. The molecule has 6 heteroatoms. The number of fused-ring (bicyclic) bond motifs is 2. The summed E-state index contributed by atoms with van der Waals surface area (Å²) in [6.07, 6.45) is 8.11. The first kappa shape index (κ1) is 22.2. The van der Waals surface area contributed by atoms with Crippen molar-refractivity contribution in [3.8, 4) is 18.2 Å². The maximum Gasteiger partial charge on any atom is 0.217 e. The highest BCUT2D eigenvalue weighted by Crippen LogP contribution is 2.65. The number of hydrogen-bond donors (Lipinski definition) is 1. The molecule has 1 N–H and O–H groups in total. The summed E-state index contributed by atoms with van der Waals surface area (Å²) < 4.78 is 12.3. The van der Waals surface area contributed by atoms with Crippen LogP contribution in [-0.2, 0) is 9.47 Å². The van der Waals surface area contributed by atoms with Crippen LogP contribution in [0.4, 0.5) is 0 Å². The third kappa shape index (κ3) is 3.07. The van der Waals surface area contributed by atoms with Gasteiger partial charge in [0.1, 0.15) is 0 Å². The van der Waals surface area contributed by atoms with Crippen LogP contribution in [0.3, 0.4) is 0 Å². The monoisotopic (exact) mass is 384 g/mol. The van der Waals surface area contributed by atoms with Crippen LogP contribution in [0.25, 0.3) is 0 Å². The highest BCUT2D eigenvalue weighted by Gasteiger charge is 2.79. The fourth-order valence-electron chi connectivity index (χ4n) is 5.15. The number of nitrogens with zero attached hydrogens (tertiary/aromatic N) is 3. The summed E-state index contributed by atoms with van der Waals surface area (Å²) in [5.74, 6) is -1.86. The van der Waals surface area contributed by atoms with E-state index in [9.17, 15) is 15.8 Å². The van der Waals surface area contributed by atoms with Gasteiger partial charge in [0, 0.05) is 6.42 Å². The van der Waals surface area contributed by atoms with Crippen molar-refractivity contribution >= 4 is 5.90 Å². The molecule has 2 fully saturated rings. The van der Waals surface area contributed by atoms with Gasteiger partial charge in [0.05, 0.1) is 30.2 Å². The average molecular weight is 385 g/mol. The van der Waals surface area contributed by atoms with Crippen molar-refractivity contribution in [3.63, 3.8) is 0 Å². The summed E-state index contributed by atoms with van der Waals surface area (Å²) in [6.45, 7) is 6.08. The molecule has 2 aliphatic rings. The molecule has 152 valence electrons. The zero-order valence-electron chi connectivity index (χ0n) is 17.4. The third-order valence-electron chi connectivity index (χ3n) is 6.49. The molecule has 2 rings (SSSR count). The predicted molar refractivity (Wildman–Crippen MR) is 105 cm³/mol. The molecular weight excluding hydrogens is 352 g/mol. The highest BCUT2D eigenvalue weighted by atomic mass is 16.7. The summed E-state index contributed by atoms with van der Waals surface area (Å²) in [6, 6.07) is 6.45. The Balaban J connectivity index is 2.39. The van der Waals surface area contributed by atoms with Gasteiger partial charge in [-0.2, -0.15) is 15.8 Å². The minimum atomic E-state index is -1.73. The standard InChI is InChI=1S/C22H32N4O2/c1-4-7-8-9-10-11-12-18-20(14-23,15-24)21(16-25)17(6-3)22(27-18,13-5-2)28-19(21)26/h17-18,26H,4-13H2,1-3H3. The lowest BCUT2D eigenvalue weighted by Crippen LogP contribution is -2.62. The van der Waals surface area contributed by atoms with Gasteiger partial charge in [-0.1, -0.05) is 59.3 Å². The van der Waals surface area contributed by atoms with E-state index in [2.05, 4.69) is 25.1 Å². The van der Waals surface area contributed by atoms with Crippen LogP contribution >= 0.6 is 0 Å². The first-order valence-electron chi connectivity index (χ1n) is 10.7. The topological polar surface area (TPSA) is 114 Å². The Hall–Kier alpha value is -2.10. The molecule has 2 aliphatic heterocycles. The van der Waals surface area contributed by atoms with E-state index in [-0.39, 0.29) is 5.90 Å². The van der Waals surface area contributed by atoms with Crippen molar-refractivity contribution in [1.29, 1.82) is 21.2 Å². The molecular formula is C22H32N4O2. The zero-order chi connectivity index (χ0) is 20.8. The van der Waals surface area contributed by atoms with E-state index in [1.54, 1.807) is 0 Å². The van der Waals surface area contributed by atoms with Gasteiger partial charge in [0.2, 0.25) is 11.7 Å². The molecule has 4 unspecified atom stereocenters. The molecule has 0 saturated carbocycles. The second kappa shape index (κ2) is 8.93. The van der Waals surface area contributed by atoms with Gasteiger partial charge in [0.25, 0.3) is 0 Å². The zero-order valence-corrected chi connectivity index (χ0v) is 17.4. The molecule has 2 bridgehead atoms. The van der Waals surface area contributed by atoms with Crippen LogP contribution in [-0.4, -0.2) is 17.8 Å². The number of unbranched alkanes of at least 4 members (excludes halogenated alkanes) is 5. The molecule has 4 atom stereocenters. The van der Waals surface area contributed by atoms with Crippen molar-refractivity contribution in [2.45, 2.75) is 96.9 Å². The highest BCUT2D eigenvalue weighted by molar-refractivity contribution is 5.89. The molecule has 0 aromatic carbocycles. The van der Waals surface area contributed by atoms with Gasteiger partial charge < -0.3 is 9.47 Å². The summed E-state index contributed by atoms with van der Waals surface area (Å²) in [7, 11) is 0. The first-order valence-corrected chi connectivity index (χ1v) is 10.7. The van der Waals surface area contributed by atoms with Crippen LogP contribution in [0.15, 0.2) is 0 Å². The van der Waals surface area contributed by atoms with Crippen LogP contribution in [0.1, 0.15) is 85.0 Å². The first-order chi connectivity index (χ1) is 13.5. The molecule has 0 radical (unpaired) electrons. The van der Waals surface area contributed by atoms with Crippen molar-refractivity contribution in [3.05, 3.63) is 0 Å². The number of hydrogen-bond acceptors (Lipinski definition) is 6. The van der Waals surface area contributed by atoms with Gasteiger partial charge in [0.15, 0.2) is 10.8 Å². The van der Waals surface area contributed by atoms with Crippen molar-refractivity contribution in [2.75, 3.05) is 0 Å². The Kier molecular flexibility index (Phi) is 7.08. The number of nitriles is 3. The normalized spacial score (nSPS) is 32.8. The lowest BCUT2D eigenvalue weighted by atomic mass is 9.53. The van der Waals surface area contributed by atoms with Crippen molar-refractivity contribution in [2.24, 2.45) is 16.7 Å². The smallest absolute Gasteiger partial charge is 0.217 e. The number of rotatable bonds is 10. The van der Waals surface area contributed by atoms with Crippen LogP contribution in [0.5, 0.6) is 0 Å². The Morgan fingerprint density at radius 3 is 2.11 bits per heavy atom. The molecule has 28 heavy (non-hydrogen) atoms. The van der Waals surface area contributed by atoms with E-state index in [4.69, 9.17) is 14.9 Å². The van der Waals surface area contributed by atoms with E-state index in [1.807, 2.05) is 13.8 Å². The molecule has 0 aromatic heterocycles. The summed E-state index contributed by atoms with van der Waals surface area (Å²) in [5, 5.41) is 38.8. The van der Waals surface area contributed by atoms with Crippen molar-refractivity contribution in [1.82, 2.24) is 0 Å². The molecule has 0 amide bonds. The number of nitrogens with one attached hydrogen (secondary N) is 1. The quantitative estimate of drug-likeness (QED) is 0.519. The van der Waals surface area contributed by atoms with Gasteiger partial charge in [-0.25, -0.2) is 0 Å². The summed E-state index contributed by atoms with van der Waals surface area (Å²) >= 11 is 0. The van der Waals surface area contributed by atoms with E-state index in [0.717, 1.165) is 25.7 Å². The molecule has 6 nitrogen and oxygen atoms in total. The molecule has 0 aromatic rings. The van der Waals surface area contributed by atoms with E-state index < -0.39 is 28.6 Å². The average Bonchev–Trinajstić information content (AvgIpc) is 2.89. The summed E-state index contributed by atoms with van der Waals surface area (Å²) in [4.78, 5) is 0. The molecule has 2 saturated heterocycles. The summed E-state index contributed by atoms with van der Waals surface area (Å²) in [5.41, 5.74) is -3.30. The minimum absolute atomic E-state index is 0.274. The molecule has 0 spiro atoms. The third-order valence-corrected chi connectivity index (χ3v) is 6.49. The van der Waals surface area contributed by atoms with Gasteiger partial charge in [-0.15, -0.1) is 0 Å². The van der Waals surface area contributed by atoms with Gasteiger partial charge in [-0.3, -0.25) is 5.41 Å². The molecule has 2 heterocycles. The second-order valence-corrected chi connectivity index (χ2v) is 8.07. The minimum Gasteiger partial charge on any atom is -0.447 e. The maximum absolute atomic E-state index is 10.2. The predicted octanol–water partition coefficient (Wildman–Crippen LogP) is 5.21. The molecule has 0 aliphatic carbocycles. The Labute approximate surface area is 168 Å². The lowest BCUT2D eigenvalue weighted by molar-refractivity contribution is -0.284. The maximum atomic E-state index is 10.2. The Morgan fingerprint density at radius 1 is 0.929 bits per heavy atom. The fraction of sp³-hybridized carbons (Fsp3) is 0.818. The van der Waals surface area contributed by atoms with Gasteiger partial charge >= 0.3 is 0 Å². The largest absolute Gasteiger partial charge is 0.447 e. The SMILES string of the molecule is CCCCCCCCC1OC2(CCC)OC(=N)C(C#N)(C2CC)C1(C#N)C#N. The van der Waals surface area contributed by atoms with E-state index in [1.165, 1.54) is 19.3 Å². The van der Waals surface area contributed by atoms with Crippen molar-refractivity contribution < 1.29 is 9.47 Å².